The normalized spacial score (nSPS) is 14.5. The molecular weight excluding hydrogens is 544 g/mol. The lowest BCUT2D eigenvalue weighted by molar-refractivity contribution is -0.147. The molecule has 0 aliphatic carbocycles. The van der Waals surface area contributed by atoms with Crippen molar-refractivity contribution in [2.45, 2.75) is 38.1 Å². The van der Waals surface area contributed by atoms with Gasteiger partial charge in [-0.1, -0.05) is 91.0 Å². The second-order valence-electron chi connectivity index (χ2n) is 8.92. The summed E-state index contributed by atoms with van der Waals surface area (Å²) in [7, 11) is -7.81. The first-order chi connectivity index (χ1) is 18.6. The molecule has 9 nitrogen and oxygen atoms in total. The Labute approximate surface area is 230 Å². The van der Waals surface area contributed by atoms with E-state index in [9.17, 15) is 16.8 Å². The van der Waals surface area contributed by atoms with E-state index in [1.165, 1.54) is 0 Å². The van der Waals surface area contributed by atoms with Crippen LogP contribution in [0.25, 0.3) is 0 Å². The molecule has 0 aliphatic rings. The standard InChI is InChI=1S/C28H34O9S2/c1-38(29,30)36-22-26(34-19-24-14-8-4-9-15-24)28(35-20-25-16-10-5-11-17-25)27(37-39(2,31)32)21-33-18-23-12-6-3-7-13-23/h3-17,26-28H,18-22H2,1-2H3/t26-,27?,28-/m0/s1. The molecule has 39 heavy (non-hydrogen) atoms. The molecule has 0 aromatic heterocycles. The summed E-state index contributed by atoms with van der Waals surface area (Å²) in [5.74, 6) is 0. The summed E-state index contributed by atoms with van der Waals surface area (Å²) in [6, 6.07) is 27.9. The lowest BCUT2D eigenvalue weighted by atomic mass is 10.1. The van der Waals surface area contributed by atoms with Crippen molar-refractivity contribution in [3.8, 4) is 0 Å². The first-order valence-electron chi connectivity index (χ1n) is 12.2. The zero-order valence-corrected chi connectivity index (χ0v) is 23.6. The number of ether oxygens (including phenoxy) is 3. The van der Waals surface area contributed by atoms with Crippen molar-refractivity contribution < 1.29 is 39.4 Å². The third kappa shape index (κ3) is 12.4. The van der Waals surface area contributed by atoms with Crippen LogP contribution in [0.1, 0.15) is 16.7 Å². The van der Waals surface area contributed by atoms with Gasteiger partial charge >= 0.3 is 0 Å². The van der Waals surface area contributed by atoms with E-state index in [0.717, 1.165) is 29.2 Å². The fourth-order valence-corrected chi connectivity index (χ4v) is 4.69. The molecule has 3 atom stereocenters. The minimum absolute atomic E-state index is 0.0812. The average Bonchev–Trinajstić information content (AvgIpc) is 2.90. The van der Waals surface area contributed by atoms with Gasteiger partial charge in [-0.05, 0) is 16.7 Å². The minimum Gasteiger partial charge on any atom is -0.374 e. The first-order valence-corrected chi connectivity index (χ1v) is 15.9. The maximum absolute atomic E-state index is 12.3. The summed E-state index contributed by atoms with van der Waals surface area (Å²) in [6.45, 7) is -0.220. The van der Waals surface area contributed by atoms with Crippen LogP contribution < -0.4 is 0 Å². The lowest BCUT2D eigenvalue weighted by Gasteiger charge is -2.32. The SMILES string of the molecule is CS(=O)(=O)OC[C@H](OCc1ccccc1)[C@H](OCc1ccccc1)C(COCc1ccccc1)OS(C)(=O)=O. The van der Waals surface area contributed by atoms with E-state index in [1.54, 1.807) is 0 Å². The van der Waals surface area contributed by atoms with Crippen LogP contribution in [0.2, 0.25) is 0 Å². The highest BCUT2D eigenvalue weighted by Gasteiger charge is 2.36. The molecule has 0 saturated heterocycles. The highest BCUT2D eigenvalue weighted by atomic mass is 32.2. The Hall–Kier alpha value is -2.64. The number of hydrogen-bond acceptors (Lipinski definition) is 9. The van der Waals surface area contributed by atoms with Gasteiger partial charge in [-0.25, -0.2) is 0 Å². The van der Waals surface area contributed by atoms with Crippen LogP contribution in [0.15, 0.2) is 91.0 Å². The van der Waals surface area contributed by atoms with Crippen LogP contribution in [-0.4, -0.2) is 60.9 Å². The Bertz CT molecular complexity index is 1320. The summed E-state index contributed by atoms with van der Waals surface area (Å²) < 4.78 is 76.9. The molecule has 0 heterocycles. The molecule has 1 unspecified atom stereocenters. The fourth-order valence-electron chi connectivity index (χ4n) is 3.70. The molecule has 3 aromatic rings. The molecular formula is C28H34O9S2. The Morgan fingerprint density at radius 3 is 1.49 bits per heavy atom. The van der Waals surface area contributed by atoms with Crippen LogP contribution in [0.4, 0.5) is 0 Å². The van der Waals surface area contributed by atoms with Crippen molar-refractivity contribution in [1.29, 1.82) is 0 Å². The number of benzene rings is 3. The van der Waals surface area contributed by atoms with Gasteiger partial charge in [-0.3, -0.25) is 8.37 Å². The van der Waals surface area contributed by atoms with E-state index in [1.807, 2.05) is 91.0 Å². The Balaban J connectivity index is 1.89. The summed E-state index contributed by atoms with van der Waals surface area (Å²) in [5, 5.41) is 0. The molecule has 0 aliphatic heterocycles. The van der Waals surface area contributed by atoms with Gasteiger partial charge in [0.1, 0.15) is 18.3 Å². The van der Waals surface area contributed by atoms with Gasteiger partial charge in [0.2, 0.25) is 0 Å². The molecule has 0 amide bonds. The molecule has 0 bridgehead atoms. The van der Waals surface area contributed by atoms with Gasteiger partial charge in [0.25, 0.3) is 20.2 Å². The summed E-state index contributed by atoms with van der Waals surface area (Å²) >= 11 is 0. The van der Waals surface area contributed by atoms with Crippen LogP contribution in [0.3, 0.4) is 0 Å². The largest absolute Gasteiger partial charge is 0.374 e. The van der Waals surface area contributed by atoms with Crippen LogP contribution in [-0.2, 0) is 62.6 Å². The maximum atomic E-state index is 12.3. The van der Waals surface area contributed by atoms with Crippen molar-refractivity contribution in [2.24, 2.45) is 0 Å². The lowest BCUT2D eigenvalue weighted by Crippen LogP contribution is -2.48. The zero-order chi connectivity index (χ0) is 28.1. The van der Waals surface area contributed by atoms with Gasteiger partial charge in [-0.2, -0.15) is 16.8 Å². The Kier molecular flexibility index (Phi) is 12.1. The Morgan fingerprint density at radius 2 is 1.03 bits per heavy atom. The van der Waals surface area contributed by atoms with Crippen LogP contribution in [0, 0.1) is 0 Å². The van der Waals surface area contributed by atoms with Gasteiger partial charge < -0.3 is 14.2 Å². The van der Waals surface area contributed by atoms with Crippen molar-refractivity contribution >= 4 is 20.2 Å². The van der Waals surface area contributed by atoms with Crippen LogP contribution >= 0.6 is 0 Å². The third-order valence-electron chi connectivity index (χ3n) is 5.46. The van der Waals surface area contributed by atoms with Crippen molar-refractivity contribution in [3.63, 3.8) is 0 Å². The summed E-state index contributed by atoms with van der Waals surface area (Å²) in [5.41, 5.74) is 2.52. The molecule has 11 heteroatoms. The maximum Gasteiger partial charge on any atom is 0.264 e. The van der Waals surface area contributed by atoms with Gasteiger partial charge in [0.15, 0.2) is 0 Å². The topological polar surface area (TPSA) is 114 Å². The van der Waals surface area contributed by atoms with E-state index < -0.39 is 45.2 Å². The predicted molar refractivity (Wildman–Crippen MR) is 147 cm³/mol. The highest BCUT2D eigenvalue weighted by Crippen LogP contribution is 2.20. The van der Waals surface area contributed by atoms with Gasteiger partial charge in [-0.15, -0.1) is 0 Å². The summed E-state index contributed by atoms with van der Waals surface area (Å²) in [4.78, 5) is 0. The molecule has 0 N–H and O–H groups in total. The monoisotopic (exact) mass is 578 g/mol. The van der Waals surface area contributed by atoms with Crippen LogP contribution in [0.5, 0.6) is 0 Å². The number of hydrogen-bond donors (Lipinski definition) is 0. The smallest absolute Gasteiger partial charge is 0.264 e. The average molecular weight is 579 g/mol. The molecule has 3 aromatic carbocycles. The third-order valence-corrected chi connectivity index (χ3v) is 6.62. The van der Waals surface area contributed by atoms with Crippen molar-refractivity contribution in [3.05, 3.63) is 108 Å². The second kappa shape index (κ2) is 15.2. The number of rotatable bonds is 17. The van der Waals surface area contributed by atoms with E-state index in [0.29, 0.717) is 0 Å². The zero-order valence-electron chi connectivity index (χ0n) is 21.9. The van der Waals surface area contributed by atoms with Gasteiger partial charge in [0, 0.05) is 0 Å². The predicted octanol–water partition coefficient (Wildman–Crippen LogP) is 3.70. The fraction of sp³-hybridized carbons (Fsp3) is 0.357. The molecule has 0 fully saturated rings. The molecule has 3 rings (SSSR count). The molecule has 0 saturated carbocycles. The van der Waals surface area contributed by atoms with E-state index >= 15 is 0 Å². The first kappa shape index (κ1) is 30.9. The van der Waals surface area contributed by atoms with Gasteiger partial charge in [0.05, 0.1) is 45.5 Å². The van der Waals surface area contributed by atoms with E-state index in [4.69, 9.17) is 22.6 Å². The van der Waals surface area contributed by atoms with Crippen molar-refractivity contribution in [1.82, 2.24) is 0 Å². The summed E-state index contributed by atoms with van der Waals surface area (Å²) in [6.07, 6.45) is -1.43. The van der Waals surface area contributed by atoms with E-state index in [2.05, 4.69) is 0 Å². The Morgan fingerprint density at radius 1 is 0.564 bits per heavy atom. The van der Waals surface area contributed by atoms with E-state index in [-0.39, 0.29) is 26.4 Å². The quantitative estimate of drug-likeness (QED) is 0.221. The molecule has 212 valence electrons. The second-order valence-corrected chi connectivity index (χ2v) is 12.2. The highest BCUT2D eigenvalue weighted by molar-refractivity contribution is 7.86. The van der Waals surface area contributed by atoms with Crippen molar-refractivity contribution in [2.75, 3.05) is 25.7 Å². The minimum atomic E-state index is -3.96. The molecule has 0 radical (unpaired) electrons. The molecule has 0 spiro atoms.